The number of hydrogen-bond acceptors (Lipinski definition) is 8. The summed E-state index contributed by atoms with van der Waals surface area (Å²) in [6.07, 6.45) is 1.40. The van der Waals surface area contributed by atoms with Crippen molar-refractivity contribution in [2.75, 3.05) is 25.3 Å². The number of carbonyl (C=O) groups is 1. The highest BCUT2D eigenvalue weighted by Crippen LogP contribution is 2.46. The van der Waals surface area contributed by atoms with Crippen LogP contribution in [0.25, 0.3) is 0 Å². The van der Waals surface area contributed by atoms with Crippen LogP contribution in [0.3, 0.4) is 0 Å². The molecule has 1 fully saturated rings. The first-order valence-electron chi connectivity index (χ1n) is 9.51. The van der Waals surface area contributed by atoms with Gasteiger partial charge in [-0.25, -0.2) is 9.88 Å². The summed E-state index contributed by atoms with van der Waals surface area (Å²) in [5, 5.41) is 2.68. The van der Waals surface area contributed by atoms with E-state index < -0.39 is 31.3 Å². The van der Waals surface area contributed by atoms with Gasteiger partial charge >= 0.3 is 11.7 Å². The molecule has 1 aromatic carbocycles. The first-order chi connectivity index (χ1) is 14.3. The maximum absolute atomic E-state index is 12.8. The van der Waals surface area contributed by atoms with Crippen molar-refractivity contribution in [2.24, 2.45) is 0 Å². The van der Waals surface area contributed by atoms with Gasteiger partial charge < -0.3 is 19.7 Å². The van der Waals surface area contributed by atoms with E-state index in [4.69, 9.17) is 19.7 Å². The number of hydrogen-bond donors (Lipinski definition) is 2. The van der Waals surface area contributed by atoms with E-state index in [2.05, 4.69) is 10.1 Å². The lowest BCUT2D eigenvalue weighted by Crippen LogP contribution is -2.40. The number of benzene rings is 1. The molecule has 0 radical (unpaired) electrons. The molecule has 2 aromatic rings. The molecule has 30 heavy (non-hydrogen) atoms. The number of carbonyl (C=O) groups excluding carboxylic acids is 1. The number of nitrogens with two attached hydrogens (primary N) is 1. The third kappa shape index (κ3) is 6.24. The number of ether oxygens (including phenoxy) is 2. The molecule has 0 bridgehead atoms. The van der Waals surface area contributed by atoms with Crippen molar-refractivity contribution in [3.63, 3.8) is 0 Å². The predicted octanol–water partition coefficient (Wildman–Crippen LogP) is 1.16. The highest BCUT2D eigenvalue weighted by Gasteiger charge is 2.35. The van der Waals surface area contributed by atoms with Crippen LogP contribution in [0.15, 0.2) is 47.4 Å². The third-order valence-corrected chi connectivity index (χ3v) is 6.30. The summed E-state index contributed by atoms with van der Waals surface area (Å²) in [6, 6.07) is 10.3. The lowest BCUT2D eigenvalue weighted by Gasteiger charge is -2.31. The van der Waals surface area contributed by atoms with Gasteiger partial charge in [0.15, 0.2) is 0 Å². The second kappa shape index (κ2) is 9.99. The van der Waals surface area contributed by atoms with Crippen molar-refractivity contribution in [1.82, 2.24) is 14.6 Å². The standard InChI is InChI=1S/C19H25N4O6P/c1-14(18(24)27-10-8-15-5-3-2-4-6-15)22-30(26)13-28-16(12-29-30)11-23-9-7-17(20)21-19(23)25/h2-7,9,14,16H,8,10-13H2,1H3,(H,22,26)(H2,20,21,25)/t14-,16-,30?/m0/s1. The van der Waals surface area contributed by atoms with Gasteiger partial charge in [-0.3, -0.25) is 13.9 Å². The summed E-state index contributed by atoms with van der Waals surface area (Å²) in [7, 11) is -3.37. The van der Waals surface area contributed by atoms with E-state index >= 15 is 0 Å². The molecule has 0 spiro atoms. The summed E-state index contributed by atoms with van der Waals surface area (Å²) < 4.78 is 30.4. The van der Waals surface area contributed by atoms with Crippen LogP contribution in [0.2, 0.25) is 0 Å². The molecule has 3 N–H and O–H groups in total. The molecule has 2 heterocycles. The van der Waals surface area contributed by atoms with E-state index in [1.807, 2.05) is 30.3 Å². The van der Waals surface area contributed by atoms with Crippen LogP contribution < -0.4 is 16.5 Å². The van der Waals surface area contributed by atoms with Crippen molar-refractivity contribution < 1.29 is 23.4 Å². The molecule has 0 aliphatic carbocycles. The summed E-state index contributed by atoms with van der Waals surface area (Å²) >= 11 is 0. The number of anilines is 1. The maximum atomic E-state index is 12.8. The van der Waals surface area contributed by atoms with Crippen LogP contribution in [-0.2, 0) is 36.3 Å². The minimum Gasteiger partial charge on any atom is -0.464 e. The molecule has 1 aliphatic rings. The van der Waals surface area contributed by atoms with Gasteiger partial charge in [0.05, 0.1) is 19.8 Å². The number of aromatic nitrogens is 2. The Hall–Kier alpha value is -2.52. The summed E-state index contributed by atoms with van der Waals surface area (Å²) in [6.45, 7) is 1.96. The van der Waals surface area contributed by atoms with Crippen molar-refractivity contribution in [3.05, 3.63) is 58.6 Å². The Balaban J connectivity index is 1.43. The molecule has 10 nitrogen and oxygen atoms in total. The molecule has 1 unspecified atom stereocenters. The normalized spacial score (nSPS) is 22.4. The second-order valence-corrected chi connectivity index (χ2v) is 9.05. The minimum atomic E-state index is -3.37. The van der Waals surface area contributed by atoms with Crippen LogP contribution in [0.1, 0.15) is 12.5 Å². The molecule has 3 rings (SSSR count). The quantitative estimate of drug-likeness (QED) is 0.461. The molecule has 0 saturated carbocycles. The Kier molecular flexibility index (Phi) is 7.38. The van der Waals surface area contributed by atoms with E-state index in [1.165, 1.54) is 16.8 Å². The zero-order valence-electron chi connectivity index (χ0n) is 16.6. The van der Waals surface area contributed by atoms with E-state index in [1.54, 1.807) is 6.92 Å². The smallest absolute Gasteiger partial charge is 0.349 e. The van der Waals surface area contributed by atoms with Crippen molar-refractivity contribution >= 4 is 19.3 Å². The van der Waals surface area contributed by atoms with E-state index in [0.717, 1.165) is 5.56 Å². The predicted molar refractivity (Wildman–Crippen MR) is 110 cm³/mol. The first-order valence-corrected chi connectivity index (χ1v) is 11.3. The minimum absolute atomic E-state index is 0.00311. The highest BCUT2D eigenvalue weighted by molar-refractivity contribution is 7.56. The average Bonchev–Trinajstić information content (AvgIpc) is 2.72. The molecule has 3 atom stereocenters. The molecule has 1 saturated heterocycles. The third-order valence-electron chi connectivity index (χ3n) is 4.47. The van der Waals surface area contributed by atoms with Gasteiger partial charge in [-0.2, -0.15) is 4.98 Å². The fraction of sp³-hybridized carbons (Fsp3) is 0.421. The van der Waals surface area contributed by atoms with Crippen LogP contribution in [0.4, 0.5) is 5.82 Å². The fourth-order valence-electron chi connectivity index (χ4n) is 2.86. The van der Waals surface area contributed by atoms with Crippen molar-refractivity contribution in [1.29, 1.82) is 0 Å². The van der Waals surface area contributed by atoms with Gasteiger partial charge in [0.1, 0.15) is 24.3 Å². The SMILES string of the molecule is C[C@H](NP1(=O)CO[C@@H](Cn2ccc(N)nc2=O)CO1)C(=O)OCCc1ccccc1. The van der Waals surface area contributed by atoms with Crippen molar-refractivity contribution in [2.45, 2.75) is 32.0 Å². The zero-order valence-corrected chi connectivity index (χ0v) is 17.5. The molecular weight excluding hydrogens is 411 g/mol. The fourth-order valence-corrected chi connectivity index (χ4v) is 4.59. The van der Waals surface area contributed by atoms with Gasteiger partial charge in [-0.15, -0.1) is 0 Å². The Morgan fingerprint density at radius 3 is 2.83 bits per heavy atom. The molecule has 0 amide bonds. The summed E-state index contributed by atoms with van der Waals surface area (Å²) in [5.74, 6) is -0.387. The van der Waals surface area contributed by atoms with Gasteiger partial charge in [0.2, 0.25) is 0 Å². The van der Waals surface area contributed by atoms with Crippen LogP contribution in [0.5, 0.6) is 0 Å². The van der Waals surface area contributed by atoms with Gasteiger partial charge in [0, 0.05) is 12.6 Å². The second-order valence-electron chi connectivity index (χ2n) is 6.93. The van der Waals surface area contributed by atoms with E-state index in [9.17, 15) is 14.2 Å². The Bertz CT molecular complexity index is 955. The largest absolute Gasteiger partial charge is 0.464 e. The van der Waals surface area contributed by atoms with Crippen LogP contribution >= 0.6 is 7.52 Å². The van der Waals surface area contributed by atoms with Crippen LogP contribution in [-0.4, -0.2) is 47.2 Å². The first kappa shape index (κ1) is 22.2. The topological polar surface area (TPSA) is 135 Å². The number of nitrogen functional groups attached to an aromatic ring is 1. The maximum Gasteiger partial charge on any atom is 0.349 e. The van der Waals surface area contributed by atoms with Crippen LogP contribution in [0, 0.1) is 0 Å². The Morgan fingerprint density at radius 2 is 2.17 bits per heavy atom. The molecule has 1 aliphatic heterocycles. The van der Waals surface area contributed by atoms with Gasteiger partial charge in [-0.05, 0) is 18.6 Å². The zero-order chi connectivity index (χ0) is 21.6. The number of nitrogens with zero attached hydrogens (tertiary/aromatic N) is 2. The number of rotatable bonds is 8. The molecular formula is C19H25N4O6P. The van der Waals surface area contributed by atoms with Gasteiger partial charge in [0.25, 0.3) is 7.52 Å². The molecule has 1 aromatic heterocycles. The molecule has 11 heteroatoms. The Labute approximate surface area is 173 Å². The lowest BCUT2D eigenvalue weighted by molar-refractivity contribution is -0.145. The average molecular weight is 436 g/mol. The van der Waals surface area contributed by atoms with E-state index in [0.29, 0.717) is 6.42 Å². The summed E-state index contributed by atoms with van der Waals surface area (Å²) in [5.41, 5.74) is 6.02. The van der Waals surface area contributed by atoms with Crippen molar-refractivity contribution in [3.8, 4) is 0 Å². The monoisotopic (exact) mass is 436 g/mol. The van der Waals surface area contributed by atoms with Gasteiger partial charge in [-0.1, -0.05) is 30.3 Å². The Morgan fingerprint density at radius 1 is 1.40 bits per heavy atom. The molecule has 162 valence electrons. The highest BCUT2D eigenvalue weighted by atomic mass is 31.2. The number of nitrogens with one attached hydrogen (secondary N) is 1. The number of esters is 1. The lowest BCUT2D eigenvalue weighted by atomic mass is 10.2. The van der Waals surface area contributed by atoms with E-state index in [-0.39, 0.29) is 31.9 Å². The summed E-state index contributed by atoms with van der Waals surface area (Å²) in [4.78, 5) is 27.6.